The van der Waals surface area contributed by atoms with Crippen LogP contribution in [0.25, 0.3) is 0 Å². The number of hydrogen-bond acceptors (Lipinski definition) is 6. The number of rotatable bonds is 1. The largest absolute Gasteiger partial charge is 0.434 e. The van der Waals surface area contributed by atoms with Gasteiger partial charge in [0, 0.05) is 39.3 Å². The van der Waals surface area contributed by atoms with Crippen LogP contribution >= 0.6 is 12.4 Å². The molecule has 2 aliphatic rings. The average molecular weight is 334 g/mol. The molecule has 0 saturated carbocycles. The molecule has 0 atom stereocenters. The normalized spacial score (nSPS) is 17.0. The van der Waals surface area contributed by atoms with Gasteiger partial charge in [0.1, 0.15) is 5.69 Å². The highest BCUT2D eigenvalue weighted by atomic mass is 35.5. The first kappa shape index (κ1) is 15.8. The minimum Gasteiger partial charge on any atom is -0.434 e. The Bertz CT molecular complexity index is 703. The van der Waals surface area contributed by atoms with Gasteiger partial charge >= 0.3 is 0 Å². The number of hydrogen-bond donors (Lipinski definition) is 0. The third kappa shape index (κ3) is 2.80. The summed E-state index contributed by atoms with van der Waals surface area (Å²) >= 11 is 0. The summed E-state index contributed by atoms with van der Waals surface area (Å²) in [6.45, 7) is 4.05. The van der Waals surface area contributed by atoms with E-state index in [9.17, 15) is 0 Å². The molecule has 0 N–H and O–H groups in total. The van der Waals surface area contributed by atoms with E-state index in [0.717, 1.165) is 49.1 Å². The first-order valence-electron chi connectivity index (χ1n) is 7.54. The lowest BCUT2D eigenvalue weighted by Crippen LogP contribution is -2.45. The molecule has 23 heavy (non-hydrogen) atoms. The minimum atomic E-state index is 0. The lowest BCUT2D eigenvalue weighted by molar-refractivity contribution is 0.311. The van der Waals surface area contributed by atoms with E-state index in [1.165, 1.54) is 0 Å². The molecule has 122 valence electrons. The smallest absolute Gasteiger partial charge is 0.263 e. The molecule has 6 nitrogen and oxygen atoms in total. The topological polar surface area (TPSA) is 44.7 Å². The number of likely N-dealkylation sites (N-methyl/N-ethyl adjacent to an activating group) is 1. The Balaban J connectivity index is 0.00000156. The fourth-order valence-electron chi connectivity index (χ4n) is 2.92. The summed E-state index contributed by atoms with van der Waals surface area (Å²) in [6.07, 6.45) is 0. The number of aromatic nitrogens is 2. The van der Waals surface area contributed by atoms with E-state index >= 15 is 0 Å². The Kier molecular flexibility index (Phi) is 4.28. The molecular weight excluding hydrogens is 314 g/mol. The molecule has 2 aliphatic heterocycles. The Morgan fingerprint density at radius 2 is 1.70 bits per heavy atom. The van der Waals surface area contributed by atoms with Crippen LogP contribution < -0.4 is 14.5 Å². The third-order valence-corrected chi connectivity index (χ3v) is 4.35. The van der Waals surface area contributed by atoms with Crippen LogP contribution in [0.4, 0.5) is 17.2 Å². The van der Waals surface area contributed by atoms with Crippen molar-refractivity contribution in [2.75, 3.05) is 50.1 Å². The molecule has 0 spiro atoms. The molecule has 0 unspecified atom stereocenters. The van der Waals surface area contributed by atoms with Crippen molar-refractivity contribution in [1.29, 1.82) is 0 Å². The van der Waals surface area contributed by atoms with E-state index in [1.807, 2.05) is 31.3 Å². The van der Waals surface area contributed by atoms with Crippen molar-refractivity contribution in [2.45, 2.75) is 0 Å². The molecular formula is C16H20ClN5O. The van der Waals surface area contributed by atoms with Crippen molar-refractivity contribution in [2.24, 2.45) is 0 Å². The molecule has 1 aromatic heterocycles. The fourth-order valence-corrected chi connectivity index (χ4v) is 2.92. The maximum atomic E-state index is 5.87. The van der Waals surface area contributed by atoms with E-state index in [2.05, 4.69) is 38.0 Å². The number of nitrogens with zero attached hydrogens (tertiary/aromatic N) is 5. The van der Waals surface area contributed by atoms with Gasteiger partial charge in [-0.15, -0.1) is 22.6 Å². The van der Waals surface area contributed by atoms with Gasteiger partial charge < -0.3 is 19.4 Å². The summed E-state index contributed by atoms with van der Waals surface area (Å²) in [5, 5.41) is 8.65. The lowest BCUT2D eigenvalue weighted by Gasteiger charge is -2.34. The Hall–Kier alpha value is -2.05. The second-order valence-corrected chi connectivity index (χ2v) is 5.81. The molecule has 0 aliphatic carbocycles. The second-order valence-electron chi connectivity index (χ2n) is 5.81. The molecule has 1 fully saturated rings. The van der Waals surface area contributed by atoms with E-state index in [0.29, 0.717) is 5.88 Å². The predicted molar refractivity (Wildman–Crippen MR) is 93.6 cm³/mol. The fraction of sp³-hybridized carbons (Fsp3) is 0.375. The number of ether oxygens (including phenoxy) is 1. The summed E-state index contributed by atoms with van der Waals surface area (Å²) in [5.41, 5.74) is 2.01. The van der Waals surface area contributed by atoms with Gasteiger partial charge in [-0.2, -0.15) is 0 Å². The van der Waals surface area contributed by atoms with Crippen molar-refractivity contribution in [3.05, 3.63) is 30.3 Å². The molecule has 1 saturated heterocycles. The quantitative estimate of drug-likeness (QED) is 0.799. The van der Waals surface area contributed by atoms with Gasteiger partial charge in [-0.05, 0) is 19.2 Å². The number of fused-ring (bicyclic) bond motifs is 2. The first-order valence-corrected chi connectivity index (χ1v) is 7.54. The van der Waals surface area contributed by atoms with Crippen LogP contribution in [0.2, 0.25) is 0 Å². The van der Waals surface area contributed by atoms with Gasteiger partial charge in [-0.1, -0.05) is 12.1 Å². The van der Waals surface area contributed by atoms with Gasteiger partial charge in [-0.3, -0.25) is 0 Å². The average Bonchev–Trinajstić information content (AvgIpc) is 2.56. The van der Waals surface area contributed by atoms with Crippen molar-refractivity contribution in [3.8, 4) is 11.6 Å². The van der Waals surface area contributed by atoms with Crippen LogP contribution in [-0.4, -0.2) is 55.4 Å². The summed E-state index contributed by atoms with van der Waals surface area (Å²) < 4.78 is 5.87. The van der Waals surface area contributed by atoms with Gasteiger partial charge in [0.15, 0.2) is 11.6 Å². The monoisotopic (exact) mass is 333 g/mol. The van der Waals surface area contributed by atoms with Crippen molar-refractivity contribution < 1.29 is 4.74 Å². The van der Waals surface area contributed by atoms with Crippen LogP contribution in [0.3, 0.4) is 0 Å². The molecule has 0 radical (unpaired) electrons. The van der Waals surface area contributed by atoms with Gasteiger partial charge in [0.2, 0.25) is 0 Å². The highest BCUT2D eigenvalue weighted by molar-refractivity contribution is 5.85. The van der Waals surface area contributed by atoms with Crippen molar-refractivity contribution >= 4 is 29.6 Å². The molecule has 0 amide bonds. The third-order valence-electron chi connectivity index (χ3n) is 4.35. The lowest BCUT2D eigenvalue weighted by atomic mass is 10.2. The molecule has 2 aromatic rings. The summed E-state index contributed by atoms with van der Waals surface area (Å²) in [4.78, 5) is 6.72. The predicted octanol–water partition coefficient (Wildman–Crippen LogP) is 2.52. The summed E-state index contributed by atoms with van der Waals surface area (Å²) in [5.74, 6) is 2.31. The number of anilines is 3. The molecule has 0 bridgehead atoms. The number of para-hydroxylation sites is 2. The zero-order chi connectivity index (χ0) is 15.1. The zero-order valence-electron chi connectivity index (χ0n) is 13.3. The molecule has 3 heterocycles. The maximum absolute atomic E-state index is 5.87. The minimum absolute atomic E-state index is 0. The number of halogens is 1. The van der Waals surface area contributed by atoms with E-state index in [-0.39, 0.29) is 12.4 Å². The van der Waals surface area contributed by atoms with E-state index < -0.39 is 0 Å². The van der Waals surface area contributed by atoms with Gasteiger partial charge in [-0.25, -0.2) is 0 Å². The Labute approximate surface area is 142 Å². The highest BCUT2D eigenvalue weighted by Crippen LogP contribution is 2.44. The standard InChI is InChI=1S/C16H19N5O.ClH/c1-19-7-9-21(10-8-19)15-11-13-16(18-17-15)22-14-6-4-3-5-12(14)20(13)2;/h3-6,11H,7-10H2,1-2H3;1H. The van der Waals surface area contributed by atoms with E-state index in [1.54, 1.807) is 0 Å². The summed E-state index contributed by atoms with van der Waals surface area (Å²) in [7, 11) is 4.18. The molecule has 7 heteroatoms. The Morgan fingerprint density at radius 1 is 0.957 bits per heavy atom. The Morgan fingerprint density at radius 3 is 2.48 bits per heavy atom. The maximum Gasteiger partial charge on any atom is 0.263 e. The van der Waals surface area contributed by atoms with Crippen LogP contribution in [0.15, 0.2) is 30.3 Å². The van der Waals surface area contributed by atoms with Crippen LogP contribution in [0.1, 0.15) is 0 Å². The highest BCUT2D eigenvalue weighted by Gasteiger charge is 2.25. The summed E-state index contributed by atoms with van der Waals surface area (Å²) in [6, 6.07) is 10.0. The molecule has 4 rings (SSSR count). The zero-order valence-corrected chi connectivity index (χ0v) is 14.1. The number of piperazine rings is 1. The second kappa shape index (κ2) is 6.22. The van der Waals surface area contributed by atoms with Gasteiger partial charge in [0.05, 0.1) is 5.69 Å². The van der Waals surface area contributed by atoms with Crippen molar-refractivity contribution in [1.82, 2.24) is 15.1 Å². The molecule has 1 aromatic carbocycles. The van der Waals surface area contributed by atoms with Gasteiger partial charge in [0.25, 0.3) is 5.88 Å². The number of benzene rings is 1. The van der Waals surface area contributed by atoms with Crippen LogP contribution in [-0.2, 0) is 0 Å². The van der Waals surface area contributed by atoms with Crippen LogP contribution in [0, 0.1) is 0 Å². The first-order chi connectivity index (χ1) is 10.7. The van der Waals surface area contributed by atoms with E-state index in [4.69, 9.17) is 4.74 Å². The SMILES string of the molecule is CN1CCN(c2cc3c(nn2)Oc2ccccc2N3C)CC1.Cl. The van der Waals surface area contributed by atoms with Crippen molar-refractivity contribution in [3.63, 3.8) is 0 Å². The van der Waals surface area contributed by atoms with Crippen LogP contribution in [0.5, 0.6) is 11.6 Å².